The molecule has 0 amide bonds. The molecule has 0 fully saturated rings. The fourth-order valence-corrected chi connectivity index (χ4v) is 2.07. The van der Waals surface area contributed by atoms with Crippen LogP contribution < -0.4 is 0 Å². The highest BCUT2D eigenvalue weighted by Crippen LogP contribution is 2.17. The van der Waals surface area contributed by atoms with Crippen molar-refractivity contribution in [2.45, 2.75) is 6.54 Å². The van der Waals surface area contributed by atoms with Gasteiger partial charge in [0.05, 0.1) is 29.8 Å². The van der Waals surface area contributed by atoms with Crippen molar-refractivity contribution in [3.63, 3.8) is 0 Å². The minimum absolute atomic E-state index is 0.508. The molecule has 2 aromatic carbocycles. The molecule has 0 aliphatic carbocycles. The molecule has 0 unspecified atom stereocenters. The predicted octanol–water partition coefficient (Wildman–Crippen LogP) is 2.13. The summed E-state index contributed by atoms with van der Waals surface area (Å²) in [6.45, 7) is 0.508. The molecule has 1 heterocycles. The fourth-order valence-electron chi connectivity index (χ4n) is 2.07. The highest BCUT2D eigenvalue weighted by atomic mass is 15.5. The van der Waals surface area contributed by atoms with Gasteiger partial charge in [0.1, 0.15) is 0 Å². The van der Waals surface area contributed by atoms with E-state index in [9.17, 15) is 0 Å². The summed E-state index contributed by atoms with van der Waals surface area (Å²) in [5, 5.41) is 29.4. The van der Waals surface area contributed by atoms with Crippen molar-refractivity contribution in [1.29, 1.82) is 10.5 Å². The van der Waals surface area contributed by atoms with Crippen LogP contribution in [0.25, 0.3) is 11.4 Å². The first-order chi connectivity index (χ1) is 10.8. The van der Waals surface area contributed by atoms with E-state index in [0.29, 0.717) is 23.5 Å². The topological polar surface area (TPSA) is 91.2 Å². The standard InChI is InChI=1S/C16H10N6/c17-9-12-1-3-14(4-2-12)11-22-16(19-20-21-22)15-7-5-13(10-18)6-8-15/h1-8H,11H2. The zero-order valence-corrected chi connectivity index (χ0v) is 11.5. The minimum atomic E-state index is 0.508. The summed E-state index contributed by atoms with van der Waals surface area (Å²) in [5.41, 5.74) is 3.06. The lowest BCUT2D eigenvalue weighted by atomic mass is 10.1. The Kier molecular flexibility index (Phi) is 3.59. The second-order valence-corrected chi connectivity index (χ2v) is 4.66. The van der Waals surface area contributed by atoms with Gasteiger partial charge in [0.2, 0.25) is 0 Å². The zero-order valence-electron chi connectivity index (χ0n) is 11.5. The van der Waals surface area contributed by atoms with Crippen molar-refractivity contribution in [2.75, 3.05) is 0 Å². The Morgan fingerprint density at radius 3 is 2.05 bits per heavy atom. The van der Waals surface area contributed by atoms with E-state index in [-0.39, 0.29) is 0 Å². The van der Waals surface area contributed by atoms with Crippen LogP contribution in [0.5, 0.6) is 0 Å². The molecule has 0 spiro atoms. The molecule has 0 saturated heterocycles. The van der Waals surface area contributed by atoms with E-state index in [1.165, 1.54) is 0 Å². The van der Waals surface area contributed by atoms with Crippen LogP contribution in [0.1, 0.15) is 16.7 Å². The monoisotopic (exact) mass is 286 g/mol. The average Bonchev–Trinajstić information content (AvgIpc) is 3.04. The van der Waals surface area contributed by atoms with E-state index in [1.54, 1.807) is 28.9 Å². The van der Waals surface area contributed by atoms with Gasteiger partial charge in [0.15, 0.2) is 5.82 Å². The third-order valence-electron chi connectivity index (χ3n) is 3.22. The van der Waals surface area contributed by atoms with Gasteiger partial charge in [-0.2, -0.15) is 10.5 Å². The number of hydrogen-bond acceptors (Lipinski definition) is 5. The maximum absolute atomic E-state index is 8.83. The summed E-state index contributed by atoms with van der Waals surface area (Å²) in [6, 6.07) is 18.6. The molecule has 104 valence electrons. The number of benzene rings is 2. The van der Waals surface area contributed by atoms with Gasteiger partial charge in [-0.25, -0.2) is 4.68 Å². The number of rotatable bonds is 3. The van der Waals surface area contributed by atoms with Gasteiger partial charge in [-0.3, -0.25) is 0 Å². The lowest BCUT2D eigenvalue weighted by Crippen LogP contribution is -2.04. The van der Waals surface area contributed by atoms with E-state index in [4.69, 9.17) is 10.5 Å². The molecule has 0 atom stereocenters. The predicted molar refractivity (Wildman–Crippen MR) is 78.2 cm³/mol. The molecule has 3 rings (SSSR count). The Hall–Kier alpha value is -3.51. The smallest absolute Gasteiger partial charge is 0.182 e. The fraction of sp³-hybridized carbons (Fsp3) is 0.0625. The summed E-state index contributed by atoms with van der Waals surface area (Å²) in [6.07, 6.45) is 0. The Bertz CT molecular complexity index is 863. The second-order valence-electron chi connectivity index (χ2n) is 4.66. The van der Waals surface area contributed by atoms with Crippen molar-refractivity contribution in [1.82, 2.24) is 20.2 Å². The van der Waals surface area contributed by atoms with Crippen LogP contribution in [-0.2, 0) is 6.54 Å². The van der Waals surface area contributed by atoms with Gasteiger partial charge in [-0.05, 0) is 52.4 Å². The van der Waals surface area contributed by atoms with Crippen LogP contribution in [-0.4, -0.2) is 20.2 Å². The van der Waals surface area contributed by atoms with Crippen LogP contribution in [0, 0.1) is 22.7 Å². The van der Waals surface area contributed by atoms with Gasteiger partial charge < -0.3 is 0 Å². The van der Waals surface area contributed by atoms with E-state index >= 15 is 0 Å². The molecule has 0 N–H and O–H groups in total. The number of aromatic nitrogens is 4. The second kappa shape index (κ2) is 5.86. The van der Waals surface area contributed by atoms with Crippen molar-refractivity contribution in [2.24, 2.45) is 0 Å². The van der Waals surface area contributed by atoms with Crippen molar-refractivity contribution in [3.8, 4) is 23.5 Å². The molecule has 1 aromatic heterocycles. The Labute approximate surface area is 126 Å². The first-order valence-electron chi connectivity index (χ1n) is 6.56. The van der Waals surface area contributed by atoms with Gasteiger partial charge in [0.25, 0.3) is 0 Å². The molecule has 6 nitrogen and oxygen atoms in total. The number of nitriles is 2. The zero-order chi connectivity index (χ0) is 15.4. The molecule has 22 heavy (non-hydrogen) atoms. The quantitative estimate of drug-likeness (QED) is 0.735. The van der Waals surface area contributed by atoms with E-state index in [0.717, 1.165) is 11.1 Å². The van der Waals surface area contributed by atoms with E-state index in [1.807, 2.05) is 24.3 Å². The first kappa shape index (κ1) is 13.5. The van der Waals surface area contributed by atoms with Gasteiger partial charge in [-0.15, -0.1) is 5.10 Å². The van der Waals surface area contributed by atoms with Crippen LogP contribution in [0.15, 0.2) is 48.5 Å². The van der Waals surface area contributed by atoms with Crippen LogP contribution in [0.4, 0.5) is 0 Å². The van der Waals surface area contributed by atoms with Gasteiger partial charge >= 0.3 is 0 Å². The maximum Gasteiger partial charge on any atom is 0.182 e. The van der Waals surface area contributed by atoms with E-state index < -0.39 is 0 Å². The highest BCUT2D eigenvalue weighted by molar-refractivity contribution is 5.56. The third-order valence-corrected chi connectivity index (χ3v) is 3.22. The van der Waals surface area contributed by atoms with Gasteiger partial charge in [0, 0.05) is 5.56 Å². The number of tetrazole rings is 1. The maximum atomic E-state index is 8.83. The van der Waals surface area contributed by atoms with Crippen LogP contribution in [0.2, 0.25) is 0 Å². The summed E-state index contributed by atoms with van der Waals surface area (Å²) in [4.78, 5) is 0. The molecular formula is C16H10N6. The molecule has 0 radical (unpaired) electrons. The molecule has 0 aliphatic heterocycles. The van der Waals surface area contributed by atoms with Crippen molar-refractivity contribution in [3.05, 3.63) is 65.2 Å². The Morgan fingerprint density at radius 1 is 0.864 bits per heavy atom. The molecule has 0 aliphatic rings. The SMILES string of the molecule is N#Cc1ccc(Cn2nnnc2-c2ccc(C#N)cc2)cc1. The summed E-state index contributed by atoms with van der Waals surface area (Å²) in [5.74, 6) is 0.633. The van der Waals surface area contributed by atoms with Crippen molar-refractivity contribution >= 4 is 0 Å². The lowest BCUT2D eigenvalue weighted by Gasteiger charge is -2.05. The third kappa shape index (κ3) is 2.67. The van der Waals surface area contributed by atoms with Crippen LogP contribution in [0.3, 0.4) is 0 Å². The molecule has 0 bridgehead atoms. The number of hydrogen-bond donors (Lipinski definition) is 0. The normalized spacial score (nSPS) is 9.91. The summed E-state index contributed by atoms with van der Waals surface area (Å²) in [7, 11) is 0. The summed E-state index contributed by atoms with van der Waals surface area (Å²) < 4.78 is 1.68. The molecular weight excluding hydrogens is 276 g/mol. The Morgan fingerprint density at radius 2 is 1.45 bits per heavy atom. The number of nitrogens with zero attached hydrogens (tertiary/aromatic N) is 6. The molecule has 3 aromatic rings. The highest BCUT2D eigenvalue weighted by Gasteiger charge is 2.09. The van der Waals surface area contributed by atoms with E-state index in [2.05, 4.69) is 27.7 Å². The first-order valence-corrected chi connectivity index (χ1v) is 6.56. The van der Waals surface area contributed by atoms with Gasteiger partial charge in [-0.1, -0.05) is 12.1 Å². The molecule has 6 heteroatoms. The van der Waals surface area contributed by atoms with Crippen LogP contribution >= 0.6 is 0 Å². The minimum Gasteiger partial charge on any atom is -0.221 e. The van der Waals surface area contributed by atoms with Crippen molar-refractivity contribution < 1.29 is 0 Å². The summed E-state index contributed by atoms with van der Waals surface area (Å²) >= 11 is 0. The lowest BCUT2D eigenvalue weighted by molar-refractivity contribution is 0.653. The average molecular weight is 286 g/mol. The largest absolute Gasteiger partial charge is 0.221 e. The Balaban J connectivity index is 1.88. The molecule has 0 saturated carbocycles.